The summed E-state index contributed by atoms with van der Waals surface area (Å²) < 4.78 is 12.0. The lowest BCUT2D eigenvalue weighted by atomic mass is 10.1. The van der Waals surface area contributed by atoms with Crippen molar-refractivity contribution in [1.82, 2.24) is 14.5 Å². The molecule has 2 rings (SSSR count). The summed E-state index contributed by atoms with van der Waals surface area (Å²) in [6.07, 6.45) is 2.81. The van der Waals surface area contributed by atoms with Gasteiger partial charge in [0.25, 0.3) is 5.56 Å². The van der Waals surface area contributed by atoms with Gasteiger partial charge in [0.05, 0.1) is 7.11 Å². The lowest BCUT2D eigenvalue weighted by Crippen LogP contribution is -2.44. The summed E-state index contributed by atoms with van der Waals surface area (Å²) in [6.45, 7) is 4.51. The highest BCUT2D eigenvalue weighted by molar-refractivity contribution is 6.01. The second kappa shape index (κ2) is 11.8. The maximum atomic E-state index is 12.6. The van der Waals surface area contributed by atoms with Crippen LogP contribution in [-0.4, -0.2) is 46.6 Å². The first-order valence-corrected chi connectivity index (χ1v) is 10.9. The molecule has 3 N–H and O–H groups in total. The number of carbonyl (C=O) groups excluding carboxylic acids is 3. The van der Waals surface area contributed by atoms with Crippen molar-refractivity contribution in [3.05, 3.63) is 62.3 Å². The molecule has 1 amide bonds. The third-order valence-corrected chi connectivity index (χ3v) is 5.01. The van der Waals surface area contributed by atoms with Crippen LogP contribution in [0.25, 0.3) is 6.08 Å². The molecule has 35 heavy (non-hydrogen) atoms. The molecule has 11 heteroatoms. The molecular weight excluding hydrogens is 456 g/mol. The van der Waals surface area contributed by atoms with Crippen LogP contribution in [0.5, 0.6) is 5.75 Å². The van der Waals surface area contributed by atoms with Gasteiger partial charge in [-0.2, -0.15) is 0 Å². The minimum absolute atomic E-state index is 0.0245. The van der Waals surface area contributed by atoms with Crippen LogP contribution >= 0.6 is 0 Å². The van der Waals surface area contributed by atoms with E-state index in [1.165, 1.54) is 20.0 Å². The van der Waals surface area contributed by atoms with E-state index in [-0.39, 0.29) is 18.3 Å². The predicted octanol–water partition coefficient (Wildman–Crippen LogP) is 0.738. The summed E-state index contributed by atoms with van der Waals surface area (Å²) in [5, 5.41) is 2.43. The minimum Gasteiger partial charge on any atom is -0.497 e. The van der Waals surface area contributed by atoms with Gasteiger partial charge in [0.1, 0.15) is 23.2 Å². The monoisotopic (exact) mass is 486 g/mol. The Morgan fingerprint density at radius 1 is 1.11 bits per heavy atom. The van der Waals surface area contributed by atoms with Crippen LogP contribution < -0.4 is 27.0 Å². The van der Waals surface area contributed by atoms with E-state index >= 15 is 0 Å². The zero-order valence-corrected chi connectivity index (χ0v) is 20.4. The van der Waals surface area contributed by atoms with E-state index in [1.807, 2.05) is 13.8 Å². The SMILES string of the molecule is COc1ccc(C=CC(=O)NC(C)C(=O)OCC(=O)c2c(N)n(CC(C)C)c(=O)n(C)c2=O)cc1. The molecule has 1 atom stereocenters. The van der Waals surface area contributed by atoms with Crippen LogP contribution in [-0.2, 0) is 27.9 Å². The Morgan fingerprint density at radius 2 is 1.74 bits per heavy atom. The van der Waals surface area contributed by atoms with Crippen molar-refractivity contribution in [1.29, 1.82) is 0 Å². The Hall–Kier alpha value is -4.15. The Labute approximate surface area is 202 Å². The number of hydrogen-bond acceptors (Lipinski definition) is 8. The Balaban J connectivity index is 2.02. The highest BCUT2D eigenvalue weighted by atomic mass is 16.5. The van der Waals surface area contributed by atoms with Gasteiger partial charge in [-0.25, -0.2) is 9.59 Å². The van der Waals surface area contributed by atoms with E-state index in [0.717, 1.165) is 14.7 Å². The van der Waals surface area contributed by atoms with Crippen molar-refractivity contribution < 1.29 is 23.9 Å². The molecule has 2 aromatic rings. The number of carbonyl (C=O) groups is 3. The van der Waals surface area contributed by atoms with Crippen LogP contribution in [0.1, 0.15) is 36.7 Å². The van der Waals surface area contributed by atoms with Gasteiger partial charge in [-0.15, -0.1) is 0 Å². The molecule has 0 saturated heterocycles. The number of methoxy groups -OCH3 is 1. The molecule has 0 aliphatic heterocycles. The van der Waals surface area contributed by atoms with Gasteiger partial charge in [-0.1, -0.05) is 26.0 Å². The van der Waals surface area contributed by atoms with E-state index in [4.69, 9.17) is 15.2 Å². The first-order chi connectivity index (χ1) is 16.5. The number of esters is 1. The summed E-state index contributed by atoms with van der Waals surface area (Å²) in [6, 6.07) is 5.93. The van der Waals surface area contributed by atoms with Crippen molar-refractivity contribution in [3.63, 3.8) is 0 Å². The Kier molecular flexibility index (Phi) is 9.15. The third-order valence-electron chi connectivity index (χ3n) is 5.01. The molecule has 0 fully saturated rings. The van der Waals surface area contributed by atoms with Gasteiger partial charge >= 0.3 is 11.7 Å². The number of nitrogen functional groups attached to an aromatic ring is 1. The molecule has 1 heterocycles. The van der Waals surface area contributed by atoms with Gasteiger partial charge in [0.15, 0.2) is 6.61 Å². The number of nitrogens with two attached hydrogens (primary N) is 1. The molecule has 1 aromatic heterocycles. The summed E-state index contributed by atoms with van der Waals surface area (Å²) in [4.78, 5) is 61.8. The molecule has 11 nitrogen and oxygen atoms in total. The van der Waals surface area contributed by atoms with Gasteiger partial charge in [0, 0.05) is 19.7 Å². The number of Topliss-reactive ketones (excluding diaryl/α,β-unsaturated/α-hetero) is 1. The van der Waals surface area contributed by atoms with Crippen LogP contribution in [0.4, 0.5) is 5.82 Å². The number of ether oxygens (including phenoxy) is 2. The second-order valence-electron chi connectivity index (χ2n) is 8.28. The molecule has 0 bridgehead atoms. The topological polar surface area (TPSA) is 152 Å². The third kappa shape index (κ3) is 6.92. The van der Waals surface area contributed by atoms with Crippen LogP contribution in [0.2, 0.25) is 0 Å². The molecule has 1 unspecified atom stereocenters. The van der Waals surface area contributed by atoms with E-state index < -0.39 is 47.1 Å². The average molecular weight is 487 g/mol. The summed E-state index contributed by atoms with van der Waals surface area (Å²) in [5.41, 5.74) is 4.75. The summed E-state index contributed by atoms with van der Waals surface area (Å²) in [7, 11) is 2.78. The number of rotatable bonds is 10. The predicted molar refractivity (Wildman–Crippen MR) is 130 cm³/mol. The Morgan fingerprint density at radius 3 is 2.31 bits per heavy atom. The number of nitrogens with one attached hydrogen (secondary N) is 1. The highest BCUT2D eigenvalue weighted by Crippen LogP contribution is 2.12. The number of hydrogen-bond donors (Lipinski definition) is 2. The van der Waals surface area contributed by atoms with E-state index in [1.54, 1.807) is 37.5 Å². The number of amides is 1. The Bertz CT molecular complexity index is 1240. The van der Waals surface area contributed by atoms with Gasteiger partial charge in [-0.05, 0) is 36.6 Å². The number of anilines is 1. The lowest BCUT2D eigenvalue weighted by Gasteiger charge is -2.16. The zero-order valence-electron chi connectivity index (χ0n) is 20.4. The van der Waals surface area contributed by atoms with Crippen molar-refractivity contribution in [2.75, 3.05) is 19.5 Å². The quantitative estimate of drug-likeness (QED) is 0.283. The van der Waals surface area contributed by atoms with E-state index in [0.29, 0.717) is 5.75 Å². The molecule has 0 saturated carbocycles. The molecular formula is C24H30N4O7. The molecule has 0 aliphatic rings. The average Bonchev–Trinajstić information content (AvgIpc) is 2.82. The van der Waals surface area contributed by atoms with Crippen LogP contribution in [0, 0.1) is 5.92 Å². The number of benzene rings is 1. The number of ketones is 1. The van der Waals surface area contributed by atoms with Gasteiger partial charge in [-0.3, -0.25) is 23.5 Å². The normalized spacial score (nSPS) is 11.9. The molecule has 0 spiro atoms. The fourth-order valence-corrected chi connectivity index (χ4v) is 3.13. The van der Waals surface area contributed by atoms with Crippen molar-refractivity contribution >= 4 is 29.6 Å². The molecule has 0 radical (unpaired) electrons. The molecule has 188 valence electrons. The first kappa shape index (κ1) is 27.1. The summed E-state index contributed by atoms with van der Waals surface area (Å²) >= 11 is 0. The maximum Gasteiger partial charge on any atom is 0.332 e. The highest BCUT2D eigenvalue weighted by Gasteiger charge is 2.24. The molecule has 1 aromatic carbocycles. The van der Waals surface area contributed by atoms with Gasteiger partial charge in [0.2, 0.25) is 11.7 Å². The van der Waals surface area contributed by atoms with Crippen molar-refractivity contribution in [2.45, 2.75) is 33.4 Å². The van der Waals surface area contributed by atoms with Crippen LogP contribution in [0.3, 0.4) is 0 Å². The first-order valence-electron chi connectivity index (χ1n) is 10.9. The largest absolute Gasteiger partial charge is 0.497 e. The standard InChI is InChI=1S/C24H30N4O7/c1-14(2)12-28-21(25)20(22(31)27(4)24(28)33)18(29)13-35-23(32)15(3)26-19(30)11-8-16-6-9-17(34-5)10-7-16/h6-11,14-15H,12-13,25H2,1-5H3,(H,26,30). The zero-order chi connectivity index (χ0) is 26.3. The van der Waals surface area contributed by atoms with Crippen LogP contribution in [0.15, 0.2) is 39.9 Å². The number of nitrogens with zero attached hydrogens (tertiary/aromatic N) is 2. The molecule has 0 aliphatic carbocycles. The van der Waals surface area contributed by atoms with E-state index in [2.05, 4.69) is 5.32 Å². The van der Waals surface area contributed by atoms with Crippen molar-refractivity contribution in [2.24, 2.45) is 13.0 Å². The number of aromatic nitrogens is 2. The second-order valence-corrected chi connectivity index (χ2v) is 8.28. The van der Waals surface area contributed by atoms with Crippen molar-refractivity contribution in [3.8, 4) is 5.75 Å². The lowest BCUT2D eigenvalue weighted by molar-refractivity contribution is -0.145. The summed E-state index contributed by atoms with van der Waals surface area (Å²) in [5.74, 6) is -1.86. The fraction of sp³-hybridized carbons (Fsp3) is 0.375. The maximum absolute atomic E-state index is 12.6. The van der Waals surface area contributed by atoms with Gasteiger partial charge < -0.3 is 20.5 Å². The fourth-order valence-electron chi connectivity index (χ4n) is 3.13. The minimum atomic E-state index is -1.06. The smallest absolute Gasteiger partial charge is 0.332 e. The van der Waals surface area contributed by atoms with E-state index in [9.17, 15) is 24.0 Å².